The van der Waals surface area contributed by atoms with Gasteiger partial charge in [0, 0.05) is 9.78 Å². The molecule has 0 bridgehead atoms. The van der Waals surface area contributed by atoms with E-state index in [1.807, 2.05) is 34.6 Å². The number of methoxy groups -OCH3 is 1. The third kappa shape index (κ3) is 4.95. The van der Waals surface area contributed by atoms with Crippen molar-refractivity contribution in [3.05, 3.63) is 21.7 Å². The number of esters is 1. The number of ether oxygens (including phenoxy) is 1. The zero-order valence-corrected chi connectivity index (χ0v) is 14.7. The van der Waals surface area contributed by atoms with E-state index in [4.69, 9.17) is 5.73 Å². The van der Waals surface area contributed by atoms with Crippen LogP contribution in [0, 0.1) is 6.92 Å². The number of benzene rings is 1. The average molecular weight is 336 g/mol. The first-order valence-electron chi connectivity index (χ1n) is 5.91. The summed E-state index contributed by atoms with van der Waals surface area (Å²) < 4.78 is 5.52. The predicted molar refractivity (Wildman–Crippen MR) is 86.7 cm³/mol. The van der Waals surface area contributed by atoms with Crippen molar-refractivity contribution in [3.63, 3.8) is 0 Å². The molecule has 0 fully saturated rings. The van der Waals surface area contributed by atoms with Crippen LogP contribution in [-0.2, 0) is 4.74 Å². The zero-order valence-electron chi connectivity index (χ0n) is 11.9. The van der Waals surface area contributed by atoms with Gasteiger partial charge in [0.05, 0.1) is 18.4 Å². The van der Waals surface area contributed by atoms with E-state index >= 15 is 0 Å². The zero-order chi connectivity index (χ0) is 14.9. The molecule has 0 aliphatic carbocycles. The summed E-state index contributed by atoms with van der Waals surface area (Å²) in [4.78, 5) is 11.3. The van der Waals surface area contributed by atoms with E-state index in [0.717, 1.165) is 15.3 Å². The molecule has 3 nitrogen and oxygen atoms in total. The van der Waals surface area contributed by atoms with Crippen molar-refractivity contribution in [2.45, 2.75) is 34.6 Å². The quantitative estimate of drug-likeness (QED) is 0.484. The van der Waals surface area contributed by atoms with Crippen molar-refractivity contribution in [3.8, 4) is 0 Å². The van der Waals surface area contributed by atoms with Gasteiger partial charge in [0.1, 0.15) is 0 Å². The lowest BCUT2D eigenvalue weighted by Crippen LogP contribution is -2.14. The van der Waals surface area contributed by atoms with Crippen LogP contribution in [0.5, 0.6) is 0 Å². The van der Waals surface area contributed by atoms with Gasteiger partial charge in [-0.25, -0.2) is 4.79 Å². The van der Waals surface area contributed by atoms with E-state index < -0.39 is 5.97 Å². The van der Waals surface area contributed by atoms with E-state index in [2.05, 4.69) is 29.9 Å². The van der Waals surface area contributed by atoms with Crippen LogP contribution in [0.1, 0.15) is 43.6 Å². The summed E-state index contributed by atoms with van der Waals surface area (Å²) >= 11 is 3.38. The monoisotopic (exact) mass is 335 g/mol. The van der Waals surface area contributed by atoms with E-state index in [0.29, 0.717) is 11.3 Å². The maximum atomic E-state index is 11.3. The van der Waals surface area contributed by atoms with Gasteiger partial charge in [-0.05, 0) is 34.5 Å². The first-order chi connectivity index (χ1) is 8.49. The molecule has 0 aromatic heterocycles. The Kier molecular flexibility index (Phi) is 11.3. The molecular weight excluding hydrogens is 313 g/mol. The summed E-state index contributed by atoms with van der Waals surface area (Å²) in [5, 5.41) is 0.783. The van der Waals surface area contributed by atoms with Crippen LogP contribution in [0.2, 0.25) is 0 Å². The van der Waals surface area contributed by atoms with Crippen molar-refractivity contribution >= 4 is 42.1 Å². The molecule has 1 rings (SSSR count). The maximum Gasteiger partial charge on any atom is 0.339 e. The number of carbonyl (C=O) groups excluding carboxylic acids is 1. The summed E-state index contributed by atoms with van der Waals surface area (Å²) in [5.74, 6) is -0.415. The van der Waals surface area contributed by atoms with Gasteiger partial charge in [0.15, 0.2) is 0 Å². The van der Waals surface area contributed by atoms with Crippen molar-refractivity contribution < 1.29 is 9.53 Å². The molecule has 0 amide bonds. The number of rotatable bonds is 1. The minimum absolute atomic E-state index is 0.401. The number of aryl methyl sites for hydroxylation is 1. The van der Waals surface area contributed by atoms with Crippen LogP contribution < -0.4 is 11.0 Å². The smallest absolute Gasteiger partial charge is 0.339 e. The number of carbonyl (C=O) groups is 1. The number of hydrogen-bond acceptors (Lipinski definition) is 3. The van der Waals surface area contributed by atoms with E-state index in [1.54, 1.807) is 6.07 Å². The van der Waals surface area contributed by atoms with Gasteiger partial charge in [-0.3, -0.25) is 0 Å². The summed E-state index contributed by atoms with van der Waals surface area (Å²) in [6.07, 6.45) is 0. The second kappa shape index (κ2) is 10.3. The summed E-state index contributed by atoms with van der Waals surface area (Å²) in [5.41, 5.74) is 7.56. The van der Waals surface area contributed by atoms with Gasteiger partial charge in [0.2, 0.25) is 0 Å². The lowest BCUT2D eigenvalue weighted by molar-refractivity contribution is 0.0602. The van der Waals surface area contributed by atoms with Gasteiger partial charge in [-0.2, -0.15) is 0 Å². The van der Waals surface area contributed by atoms with Crippen molar-refractivity contribution in [1.29, 1.82) is 0 Å². The fraction of sp³-hybridized carbons (Fsp3) is 0.462. The molecule has 1 unspecified atom stereocenters. The van der Waals surface area contributed by atoms with E-state index in [-0.39, 0.29) is 0 Å². The highest BCUT2D eigenvalue weighted by molar-refractivity contribution is 9.10. The Bertz CT molecular complexity index is 395. The Labute approximate surface area is 121 Å². The minimum atomic E-state index is -0.415. The second-order valence-electron chi connectivity index (χ2n) is 2.87. The molecule has 104 valence electrons. The summed E-state index contributed by atoms with van der Waals surface area (Å²) in [7, 11) is 3.83. The average Bonchev–Trinajstić information content (AvgIpc) is 2.44. The van der Waals surface area contributed by atoms with Crippen LogP contribution in [0.3, 0.4) is 0 Å². The fourth-order valence-corrected chi connectivity index (χ4v) is 1.82. The number of nitrogens with two attached hydrogens (primary N) is 1. The molecule has 18 heavy (non-hydrogen) atoms. The van der Waals surface area contributed by atoms with Crippen LogP contribution in [0.15, 0.2) is 10.5 Å². The first kappa shape index (κ1) is 19.7. The third-order valence-corrected chi connectivity index (χ3v) is 4.00. The van der Waals surface area contributed by atoms with Crippen LogP contribution in [-0.4, -0.2) is 13.1 Å². The van der Waals surface area contributed by atoms with Gasteiger partial charge >= 0.3 is 5.97 Å². The summed E-state index contributed by atoms with van der Waals surface area (Å²) in [6.45, 7) is 9.89. The van der Waals surface area contributed by atoms with Crippen molar-refractivity contribution in [2.24, 2.45) is 0 Å². The molecule has 1 aromatic rings. The third-order valence-electron chi connectivity index (χ3n) is 1.93. The number of nitrogen functional groups attached to an aromatic ring is 1. The lowest BCUT2D eigenvalue weighted by Gasteiger charge is -2.10. The molecule has 0 radical (unpaired) electrons. The van der Waals surface area contributed by atoms with Crippen molar-refractivity contribution in [1.82, 2.24) is 0 Å². The highest BCUT2D eigenvalue weighted by Crippen LogP contribution is 2.23. The van der Waals surface area contributed by atoms with Gasteiger partial charge in [-0.15, -0.1) is 9.24 Å². The molecule has 0 saturated heterocycles. The molecule has 0 aliphatic rings. The largest absolute Gasteiger partial charge is 0.465 e. The molecular formula is C13H23BrNO2P. The SMILES string of the molecule is CC.CC.COC(=O)c1cc(C)c(Br)c(P)c1N. The van der Waals surface area contributed by atoms with Crippen LogP contribution >= 0.6 is 25.2 Å². The topological polar surface area (TPSA) is 52.3 Å². The lowest BCUT2D eigenvalue weighted by atomic mass is 10.1. The predicted octanol–water partition coefficient (Wildman–Crippen LogP) is 3.68. The Morgan fingerprint density at radius 1 is 1.33 bits per heavy atom. The number of hydrogen-bond donors (Lipinski definition) is 1. The van der Waals surface area contributed by atoms with Crippen LogP contribution in [0.4, 0.5) is 5.69 Å². The van der Waals surface area contributed by atoms with E-state index in [1.165, 1.54) is 7.11 Å². The van der Waals surface area contributed by atoms with E-state index in [9.17, 15) is 4.79 Å². The molecule has 1 aromatic carbocycles. The fourth-order valence-electron chi connectivity index (χ4n) is 1.11. The van der Waals surface area contributed by atoms with Gasteiger partial charge in [0.25, 0.3) is 0 Å². The van der Waals surface area contributed by atoms with Crippen LogP contribution in [0.25, 0.3) is 0 Å². The van der Waals surface area contributed by atoms with Crippen molar-refractivity contribution in [2.75, 3.05) is 12.8 Å². The Morgan fingerprint density at radius 2 is 1.78 bits per heavy atom. The van der Waals surface area contributed by atoms with Gasteiger partial charge < -0.3 is 10.5 Å². The molecule has 5 heteroatoms. The molecule has 0 aliphatic heterocycles. The first-order valence-corrected chi connectivity index (χ1v) is 7.28. The molecule has 2 N–H and O–H groups in total. The van der Waals surface area contributed by atoms with Gasteiger partial charge in [-0.1, -0.05) is 27.7 Å². The Hall–Kier alpha value is -0.600. The molecule has 0 heterocycles. The molecule has 0 spiro atoms. The Balaban J connectivity index is 0. The molecule has 0 saturated carbocycles. The maximum absolute atomic E-state index is 11.3. The Morgan fingerprint density at radius 3 is 2.17 bits per heavy atom. The summed E-state index contributed by atoms with van der Waals surface area (Å²) in [6, 6.07) is 1.71. The number of anilines is 1. The second-order valence-corrected chi connectivity index (χ2v) is 4.24. The number of halogens is 1. The normalized spacial score (nSPS) is 8.44. The minimum Gasteiger partial charge on any atom is -0.465 e. The highest BCUT2D eigenvalue weighted by Gasteiger charge is 2.15. The molecule has 1 atom stereocenters. The standard InChI is InChI=1S/C9H11BrNO2P.2C2H6/c1-4-3-5(9(12)13-2)7(11)8(14)6(4)10;2*1-2/h3H,11,14H2,1-2H3;2*1-2H3. The highest BCUT2D eigenvalue weighted by atomic mass is 79.9.